The number of hydrogen-bond acceptors (Lipinski definition) is 7. The number of carbonyl (C=O) groups is 1. The van der Waals surface area contributed by atoms with E-state index in [4.69, 9.17) is 9.47 Å². The van der Waals surface area contributed by atoms with Gasteiger partial charge < -0.3 is 19.7 Å². The molecule has 1 N–H and O–H groups in total. The predicted octanol–water partition coefficient (Wildman–Crippen LogP) is 2.30. The van der Waals surface area contributed by atoms with Gasteiger partial charge in [0.25, 0.3) is 11.6 Å². The Hall–Kier alpha value is -3.40. The lowest BCUT2D eigenvalue weighted by Gasteiger charge is -2.36. The summed E-state index contributed by atoms with van der Waals surface area (Å²) < 4.78 is 24.2. The van der Waals surface area contributed by atoms with Gasteiger partial charge in [0.05, 0.1) is 30.9 Å². The van der Waals surface area contributed by atoms with Crippen molar-refractivity contribution in [1.29, 1.82) is 0 Å². The number of ether oxygens (including phenoxy) is 2. The maximum Gasteiger partial charge on any atom is 0.286 e. The molecule has 1 saturated heterocycles. The molecule has 0 saturated carbocycles. The summed E-state index contributed by atoms with van der Waals surface area (Å²) in [6.45, 7) is 3.70. The van der Waals surface area contributed by atoms with Crippen LogP contribution < -0.4 is 19.7 Å². The molecule has 1 aliphatic rings. The van der Waals surface area contributed by atoms with Crippen LogP contribution in [-0.4, -0.2) is 69.2 Å². The van der Waals surface area contributed by atoms with E-state index in [1.165, 1.54) is 32.4 Å². The minimum atomic E-state index is -0.626. The zero-order chi connectivity index (χ0) is 22.4. The lowest BCUT2D eigenvalue weighted by Crippen LogP contribution is -2.48. The van der Waals surface area contributed by atoms with E-state index in [1.807, 2.05) is 11.0 Å². The summed E-state index contributed by atoms with van der Waals surface area (Å²) in [4.78, 5) is 27.5. The third-order valence-corrected chi connectivity index (χ3v) is 5.22. The summed E-state index contributed by atoms with van der Waals surface area (Å²) in [5, 5.41) is 14.1. The van der Waals surface area contributed by atoms with E-state index >= 15 is 0 Å². The molecule has 0 aromatic heterocycles. The molecule has 2 aromatic carbocycles. The molecule has 2 aromatic rings. The van der Waals surface area contributed by atoms with Crippen molar-refractivity contribution in [2.45, 2.75) is 0 Å². The van der Waals surface area contributed by atoms with Crippen molar-refractivity contribution in [2.24, 2.45) is 0 Å². The average molecular weight is 432 g/mol. The van der Waals surface area contributed by atoms with Gasteiger partial charge in [-0.05, 0) is 12.1 Å². The first kappa shape index (κ1) is 22.3. The van der Waals surface area contributed by atoms with Gasteiger partial charge in [-0.15, -0.1) is 0 Å². The Morgan fingerprint density at radius 3 is 2.39 bits per heavy atom. The van der Waals surface area contributed by atoms with Gasteiger partial charge in [-0.25, -0.2) is 4.39 Å². The number of nitro benzene ring substituents is 1. The molecule has 1 aliphatic heterocycles. The van der Waals surface area contributed by atoms with E-state index in [2.05, 4.69) is 10.2 Å². The molecule has 166 valence electrons. The Morgan fingerprint density at radius 1 is 1.13 bits per heavy atom. The van der Waals surface area contributed by atoms with E-state index < -0.39 is 10.8 Å². The fraction of sp³-hybridized carbons (Fsp3) is 0.381. The van der Waals surface area contributed by atoms with Crippen molar-refractivity contribution < 1.29 is 23.6 Å². The van der Waals surface area contributed by atoms with Crippen LogP contribution in [0.15, 0.2) is 36.4 Å². The van der Waals surface area contributed by atoms with Gasteiger partial charge >= 0.3 is 0 Å². The number of nitrogens with one attached hydrogen (secondary N) is 1. The summed E-state index contributed by atoms with van der Waals surface area (Å²) in [5.74, 6) is -0.377. The van der Waals surface area contributed by atoms with E-state index in [0.29, 0.717) is 31.9 Å². The van der Waals surface area contributed by atoms with Crippen LogP contribution in [-0.2, 0) is 0 Å². The van der Waals surface area contributed by atoms with Crippen molar-refractivity contribution in [3.63, 3.8) is 0 Å². The van der Waals surface area contributed by atoms with E-state index in [1.54, 1.807) is 12.1 Å². The molecule has 0 unspecified atom stereocenters. The molecule has 0 aliphatic carbocycles. The molecule has 1 fully saturated rings. The molecule has 0 bridgehead atoms. The van der Waals surface area contributed by atoms with Crippen LogP contribution >= 0.6 is 0 Å². The highest BCUT2D eigenvalue weighted by Crippen LogP contribution is 2.34. The van der Waals surface area contributed by atoms with Crippen LogP contribution in [0.4, 0.5) is 15.8 Å². The molecule has 31 heavy (non-hydrogen) atoms. The second kappa shape index (κ2) is 10.1. The van der Waals surface area contributed by atoms with Crippen LogP contribution in [0.25, 0.3) is 0 Å². The standard InChI is InChI=1S/C21H25FN4O5/c1-30-19-13-15(18(26(28)29)14-20(19)31-2)21(27)23-7-8-24-9-11-25(12-10-24)17-6-4-3-5-16(17)22/h3-6,13-14H,7-12H2,1-2H3,(H,23,27). The molecule has 10 heteroatoms. The summed E-state index contributed by atoms with van der Waals surface area (Å²) >= 11 is 0. The zero-order valence-corrected chi connectivity index (χ0v) is 17.5. The molecule has 1 amide bonds. The molecule has 0 radical (unpaired) electrons. The fourth-order valence-electron chi connectivity index (χ4n) is 3.54. The number of para-hydroxylation sites is 1. The van der Waals surface area contributed by atoms with E-state index in [0.717, 1.165) is 13.1 Å². The highest BCUT2D eigenvalue weighted by Gasteiger charge is 2.25. The number of anilines is 1. The Morgan fingerprint density at radius 2 is 1.77 bits per heavy atom. The third kappa shape index (κ3) is 5.21. The van der Waals surface area contributed by atoms with Crippen LogP contribution in [0.3, 0.4) is 0 Å². The van der Waals surface area contributed by atoms with Crippen LogP contribution in [0.1, 0.15) is 10.4 Å². The summed E-state index contributed by atoms with van der Waals surface area (Å²) in [6, 6.07) is 9.18. The van der Waals surface area contributed by atoms with Gasteiger partial charge in [-0.3, -0.25) is 19.8 Å². The van der Waals surface area contributed by atoms with Gasteiger partial charge in [0, 0.05) is 45.3 Å². The Labute approximate surface area is 179 Å². The van der Waals surface area contributed by atoms with Gasteiger partial charge in [0.15, 0.2) is 11.5 Å². The SMILES string of the molecule is COc1cc(C(=O)NCCN2CCN(c3ccccc3F)CC2)c([N+](=O)[O-])cc1OC. The summed E-state index contributed by atoms with van der Waals surface area (Å²) in [5.41, 5.74) is 0.150. The molecular formula is C21H25FN4O5. The summed E-state index contributed by atoms with van der Waals surface area (Å²) in [7, 11) is 2.76. The number of halogens is 1. The van der Waals surface area contributed by atoms with Gasteiger partial charge in [0.1, 0.15) is 11.4 Å². The number of benzene rings is 2. The lowest BCUT2D eigenvalue weighted by atomic mass is 10.1. The Bertz CT molecular complexity index is 947. The highest BCUT2D eigenvalue weighted by molar-refractivity contribution is 5.99. The van der Waals surface area contributed by atoms with Crippen molar-refractivity contribution in [3.05, 3.63) is 57.9 Å². The number of carbonyl (C=O) groups excluding carboxylic acids is 1. The van der Waals surface area contributed by atoms with Crippen LogP contribution in [0.5, 0.6) is 11.5 Å². The highest BCUT2D eigenvalue weighted by atomic mass is 19.1. The first-order valence-corrected chi connectivity index (χ1v) is 9.85. The quantitative estimate of drug-likeness (QED) is 0.505. The topological polar surface area (TPSA) is 97.2 Å². The largest absolute Gasteiger partial charge is 0.493 e. The second-order valence-corrected chi connectivity index (χ2v) is 7.02. The predicted molar refractivity (Wildman–Crippen MR) is 114 cm³/mol. The second-order valence-electron chi connectivity index (χ2n) is 7.02. The minimum Gasteiger partial charge on any atom is -0.493 e. The number of nitro groups is 1. The fourth-order valence-corrected chi connectivity index (χ4v) is 3.54. The number of amides is 1. The normalized spacial score (nSPS) is 14.2. The van der Waals surface area contributed by atoms with Crippen molar-refractivity contribution in [3.8, 4) is 11.5 Å². The Balaban J connectivity index is 1.55. The average Bonchev–Trinajstić information content (AvgIpc) is 2.78. The van der Waals surface area contributed by atoms with Crippen molar-refractivity contribution in [1.82, 2.24) is 10.2 Å². The molecule has 0 atom stereocenters. The van der Waals surface area contributed by atoms with E-state index in [-0.39, 0.29) is 28.6 Å². The molecule has 9 nitrogen and oxygen atoms in total. The number of rotatable bonds is 8. The van der Waals surface area contributed by atoms with Crippen molar-refractivity contribution in [2.75, 3.05) is 58.4 Å². The minimum absolute atomic E-state index is 0.0907. The zero-order valence-electron chi connectivity index (χ0n) is 17.5. The number of nitrogens with zero attached hydrogens (tertiary/aromatic N) is 3. The van der Waals surface area contributed by atoms with Gasteiger partial charge in [-0.1, -0.05) is 12.1 Å². The first-order valence-electron chi connectivity index (χ1n) is 9.85. The number of piperazine rings is 1. The molecule has 3 rings (SSSR count). The smallest absolute Gasteiger partial charge is 0.286 e. The van der Waals surface area contributed by atoms with Crippen molar-refractivity contribution >= 4 is 17.3 Å². The van der Waals surface area contributed by atoms with E-state index in [9.17, 15) is 19.3 Å². The van der Waals surface area contributed by atoms with Gasteiger partial charge in [-0.2, -0.15) is 0 Å². The van der Waals surface area contributed by atoms with Crippen LogP contribution in [0.2, 0.25) is 0 Å². The third-order valence-electron chi connectivity index (χ3n) is 5.22. The molecule has 1 heterocycles. The molecular weight excluding hydrogens is 407 g/mol. The monoisotopic (exact) mass is 432 g/mol. The molecule has 0 spiro atoms. The Kier molecular flexibility index (Phi) is 7.24. The number of methoxy groups -OCH3 is 2. The summed E-state index contributed by atoms with van der Waals surface area (Å²) in [6.07, 6.45) is 0. The van der Waals surface area contributed by atoms with Gasteiger partial charge in [0.2, 0.25) is 0 Å². The first-order chi connectivity index (χ1) is 14.9. The maximum absolute atomic E-state index is 13.9. The number of hydrogen-bond donors (Lipinski definition) is 1. The van der Waals surface area contributed by atoms with Crippen LogP contribution in [0, 0.1) is 15.9 Å². The maximum atomic E-state index is 13.9. The lowest BCUT2D eigenvalue weighted by molar-refractivity contribution is -0.385.